The molecule has 1 fully saturated rings. The van der Waals surface area contributed by atoms with Gasteiger partial charge in [0.1, 0.15) is 0 Å². The second-order valence-electron chi connectivity index (χ2n) is 4.52. The van der Waals surface area contributed by atoms with Crippen molar-refractivity contribution in [2.75, 3.05) is 0 Å². The summed E-state index contributed by atoms with van der Waals surface area (Å²) in [6, 6.07) is 0. The van der Waals surface area contributed by atoms with Crippen LogP contribution in [0, 0.1) is 17.8 Å². The third kappa shape index (κ3) is 2.00. The Bertz CT molecular complexity index is 227. The van der Waals surface area contributed by atoms with E-state index in [9.17, 15) is 10.2 Å². The monoisotopic (exact) mass is 198 g/mol. The normalized spacial score (nSPS) is 48.4. The molecular formula is C11H18O3. The second kappa shape index (κ2) is 4.01. The van der Waals surface area contributed by atoms with Gasteiger partial charge in [0.25, 0.3) is 0 Å². The Morgan fingerprint density at radius 1 is 1.29 bits per heavy atom. The first-order valence-corrected chi connectivity index (χ1v) is 5.35. The van der Waals surface area contributed by atoms with Crippen LogP contribution in [-0.2, 0) is 4.74 Å². The fraction of sp³-hybridized carbons (Fsp3) is 0.818. The molecule has 2 aliphatic rings. The molecule has 0 amide bonds. The molecule has 2 N–H and O–H groups in total. The van der Waals surface area contributed by atoms with Gasteiger partial charge in [-0.3, -0.25) is 0 Å². The molecule has 0 aromatic heterocycles. The Balaban J connectivity index is 1.98. The molecule has 0 aromatic rings. The molecule has 5 atom stereocenters. The summed E-state index contributed by atoms with van der Waals surface area (Å²) in [6.45, 7) is 2.18. The molecule has 0 bridgehead atoms. The van der Waals surface area contributed by atoms with E-state index in [0.717, 1.165) is 12.8 Å². The zero-order valence-corrected chi connectivity index (χ0v) is 8.47. The molecular weight excluding hydrogens is 180 g/mol. The van der Waals surface area contributed by atoms with E-state index in [0.29, 0.717) is 18.3 Å². The number of hydrogen-bond acceptors (Lipinski definition) is 3. The zero-order valence-electron chi connectivity index (χ0n) is 8.47. The first-order valence-electron chi connectivity index (χ1n) is 5.35. The molecule has 1 heterocycles. The van der Waals surface area contributed by atoms with Gasteiger partial charge < -0.3 is 14.9 Å². The molecule has 3 heteroatoms. The molecule has 1 aliphatic heterocycles. The van der Waals surface area contributed by atoms with E-state index in [1.807, 2.05) is 0 Å². The van der Waals surface area contributed by atoms with Gasteiger partial charge >= 0.3 is 0 Å². The Morgan fingerprint density at radius 3 is 2.64 bits per heavy atom. The van der Waals surface area contributed by atoms with Gasteiger partial charge in [0.15, 0.2) is 12.6 Å². The van der Waals surface area contributed by atoms with Gasteiger partial charge in [0, 0.05) is 12.3 Å². The first kappa shape index (κ1) is 10.1. The van der Waals surface area contributed by atoms with Crippen LogP contribution in [0.15, 0.2) is 12.2 Å². The van der Waals surface area contributed by atoms with E-state index in [1.54, 1.807) is 0 Å². The fourth-order valence-electron chi connectivity index (χ4n) is 2.58. The van der Waals surface area contributed by atoms with Crippen molar-refractivity contribution < 1.29 is 14.9 Å². The van der Waals surface area contributed by atoms with Crippen LogP contribution in [0.1, 0.15) is 26.2 Å². The van der Waals surface area contributed by atoms with Crippen LogP contribution in [0.25, 0.3) is 0 Å². The lowest BCUT2D eigenvalue weighted by atomic mass is 9.78. The van der Waals surface area contributed by atoms with Crippen LogP contribution in [0.3, 0.4) is 0 Å². The number of ether oxygens (including phenoxy) is 1. The Morgan fingerprint density at radius 2 is 2.07 bits per heavy atom. The third-order valence-electron chi connectivity index (χ3n) is 3.32. The molecule has 0 saturated carbocycles. The van der Waals surface area contributed by atoms with Crippen molar-refractivity contribution in [1.82, 2.24) is 0 Å². The van der Waals surface area contributed by atoms with Gasteiger partial charge in [0.05, 0.1) is 0 Å². The SMILES string of the molecule is CC1C=CCC(C2CC(O)OC2O)C1. The molecule has 1 saturated heterocycles. The Labute approximate surface area is 84.4 Å². The van der Waals surface area contributed by atoms with Crippen molar-refractivity contribution in [2.45, 2.75) is 38.8 Å². The largest absolute Gasteiger partial charge is 0.368 e. The molecule has 3 nitrogen and oxygen atoms in total. The summed E-state index contributed by atoms with van der Waals surface area (Å²) in [4.78, 5) is 0. The second-order valence-corrected chi connectivity index (χ2v) is 4.52. The van der Waals surface area contributed by atoms with E-state index in [1.165, 1.54) is 0 Å². The van der Waals surface area contributed by atoms with E-state index < -0.39 is 12.6 Å². The van der Waals surface area contributed by atoms with Crippen molar-refractivity contribution in [3.8, 4) is 0 Å². The zero-order chi connectivity index (χ0) is 10.1. The van der Waals surface area contributed by atoms with E-state index in [2.05, 4.69) is 19.1 Å². The number of allylic oxidation sites excluding steroid dienone is 2. The van der Waals surface area contributed by atoms with E-state index in [-0.39, 0.29) is 5.92 Å². The van der Waals surface area contributed by atoms with Gasteiger partial charge in [-0.25, -0.2) is 0 Å². The van der Waals surface area contributed by atoms with E-state index >= 15 is 0 Å². The molecule has 5 unspecified atom stereocenters. The molecule has 1 aliphatic carbocycles. The standard InChI is InChI=1S/C11H18O3/c1-7-3-2-4-8(5-7)9-6-10(12)14-11(9)13/h2-3,7-13H,4-6H2,1H3. The predicted octanol–water partition coefficient (Wildman–Crippen LogP) is 1.26. The van der Waals surface area contributed by atoms with Crippen LogP contribution < -0.4 is 0 Å². The highest BCUT2D eigenvalue weighted by atomic mass is 16.7. The molecule has 0 radical (unpaired) electrons. The minimum absolute atomic E-state index is 0.109. The topological polar surface area (TPSA) is 49.7 Å². The highest BCUT2D eigenvalue weighted by Gasteiger charge is 2.38. The van der Waals surface area contributed by atoms with Gasteiger partial charge in [-0.2, -0.15) is 0 Å². The van der Waals surface area contributed by atoms with Crippen LogP contribution in [-0.4, -0.2) is 22.8 Å². The lowest BCUT2D eigenvalue weighted by Crippen LogP contribution is -2.26. The Kier molecular flexibility index (Phi) is 2.91. The summed E-state index contributed by atoms with van der Waals surface area (Å²) in [5.74, 6) is 1.15. The smallest absolute Gasteiger partial charge is 0.160 e. The van der Waals surface area contributed by atoms with Gasteiger partial charge in [-0.15, -0.1) is 0 Å². The van der Waals surface area contributed by atoms with Crippen molar-refractivity contribution in [3.63, 3.8) is 0 Å². The molecule has 2 rings (SSSR count). The molecule has 0 spiro atoms. The summed E-state index contributed by atoms with van der Waals surface area (Å²) in [6.07, 6.45) is 5.53. The third-order valence-corrected chi connectivity index (χ3v) is 3.32. The van der Waals surface area contributed by atoms with Crippen LogP contribution in [0.2, 0.25) is 0 Å². The number of hydrogen-bond donors (Lipinski definition) is 2. The maximum atomic E-state index is 9.59. The maximum Gasteiger partial charge on any atom is 0.160 e. The summed E-state index contributed by atoms with van der Waals surface area (Å²) in [5.41, 5.74) is 0. The number of aliphatic hydroxyl groups excluding tert-OH is 2. The van der Waals surface area contributed by atoms with Crippen molar-refractivity contribution >= 4 is 0 Å². The predicted molar refractivity (Wildman–Crippen MR) is 52.2 cm³/mol. The molecule has 80 valence electrons. The van der Waals surface area contributed by atoms with Gasteiger partial charge in [-0.05, 0) is 24.7 Å². The minimum atomic E-state index is -0.770. The summed E-state index contributed by atoms with van der Waals surface area (Å²) in [7, 11) is 0. The molecule has 0 aromatic carbocycles. The summed E-state index contributed by atoms with van der Waals surface area (Å²) in [5, 5.41) is 18.9. The average molecular weight is 198 g/mol. The van der Waals surface area contributed by atoms with Crippen LogP contribution in [0.5, 0.6) is 0 Å². The van der Waals surface area contributed by atoms with Crippen molar-refractivity contribution in [3.05, 3.63) is 12.2 Å². The number of aliphatic hydroxyl groups is 2. The average Bonchev–Trinajstić information content (AvgIpc) is 2.45. The fourth-order valence-corrected chi connectivity index (χ4v) is 2.58. The highest BCUT2D eigenvalue weighted by Crippen LogP contribution is 2.37. The summed E-state index contributed by atoms with van der Waals surface area (Å²) < 4.78 is 4.95. The number of rotatable bonds is 1. The lowest BCUT2D eigenvalue weighted by molar-refractivity contribution is -0.171. The maximum absolute atomic E-state index is 9.59. The van der Waals surface area contributed by atoms with Crippen molar-refractivity contribution in [2.24, 2.45) is 17.8 Å². The van der Waals surface area contributed by atoms with Gasteiger partial charge in [-0.1, -0.05) is 19.1 Å². The first-order chi connectivity index (χ1) is 6.66. The minimum Gasteiger partial charge on any atom is -0.368 e. The Hall–Kier alpha value is -0.380. The molecule has 14 heavy (non-hydrogen) atoms. The van der Waals surface area contributed by atoms with E-state index in [4.69, 9.17) is 4.74 Å². The highest BCUT2D eigenvalue weighted by molar-refractivity contribution is 4.97. The van der Waals surface area contributed by atoms with Crippen molar-refractivity contribution in [1.29, 1.82) is 0 Å². The van der Waals surface area contributed by atoms with Gasteiger partial charge in [0.2, 0.25) is 0 Å². The van der Waals surface area contributed by atoms with Crippen LogP contribution in [0.4, 0.5) is 0 Å². The summed E-state index contributed by atoms with van der Waals surface area (Å²) >= 11 is 0. The van der Waals surface area contributed by atoms with Crippen LogP contribution >= 0.6 is 0 Å². The quantitative estimate of drug-likeness (QED) is 0.624. The lowest BCUT2D eigenvalue weighted by Gasteiger charge is -2.28.